The van der Waals surface area contributed by atoms with Crippen LogP contribution in [0.4, 0.5) is 11.4 Å². The number of hydrogen-bond acceptors (Lipinski definition) is 3. The Labute approximate surface area is 124 Å². The predicted octanol–water partition coefficient (Wildman–Crippen LogP) is 2.14. The normalized spacial score (nSPS) is 13.8. The smallest absolute Gasteiger partial charge is 0.231 e. The quantitative estimate of drug-likeness (QED) is 0.875. The molecule has 5 heteroatoms. The Hall–Kier alpha value is -2.30. The summed E-state index contributed by atoms with van der Waals surface area (Å²) in [6, 6.07) is 7.76. The van der Waals surface area contributed by atoms with Crippen LogP contribution < -0.4 is 10.6 Å². The molecular formula is C16H20N4O. The number of carbonyl (C=O) groups excluding carboxylic acids is 1. The van der Waals surface area contributed by atoms with E-state index in [1.54, 1.807) is 0 Å². The number of nitrogens with two attached hydrogens (primary N) is 1. The summed E-state index contributed by atoms with van der Waals surface area (Å²) in [6.07, 6.45) is 1.34. The molecule has 2 aromatic rings. The summed E-state index contributed by atoms with van der Waals surface area (Å²) in [5.41, 5.74) is 10.6. The van der Waals surface area contributed by atoms with E-state index in [9.17, 15) is 4.79 Å². The highest BCUT2D eigenvalue weighted by atomic mass is 16.2. The fraction of sp³-hybridized carbons (Fsp3) is 0.375. The van der Waals surface area contributed by atoms with Gasteiger partial charge in [-0.1, -0.05) is 6.92 Å². The second-order valence-corrected chi connectivity index (χ2v) is 5.34. The number of carbonyl (C=O) groups is 1. The van der Waals surface area contributed by atoms with Crippen molar-refractivity contribution >= 4 is 17.3 Å². The minimum absolute atomic E-state index is 0.123. The van der Waals surface area contributed by atoms with Crippen molar-refractivity contribution in [3.8, 4) is 0 Å². The minimum atomic E-state index is 0.123. The lowest BCUT2D eigenvalue weighted by Crippen LogP contribution is -2.27. The van der Waals surface area contributed by atoms with E-state index >= 15 is 0 Å². The molecule has 0 bridgehead atoms. The molecule has 1 aromatic heterocycles. The van der Waals surface area contributed by atoms with Gasteiger partial charge >= 0.3 is 0 Å². The number of aromatic nitrogens is 2. The Balaban J connectivity index is 1.92. The topological polar surface area (TPSA) is 64.2 Å². The van der Waals surface area contributed by atoms with Crippen LogP contribution in [0.5, 0.6) is 0 Å². The molecule has 1 aromatic carbocycles. The van der Waals surface area contributed by atoms with Gasteiger partial charge in [0.25, 0.3) is 0 Å². The van der Waals surface area contributed by atoms with E-state index in [1.165, 1.54) is 0 Å². The SMILES string of the molecule is CCc1cc(CN2C(=O)Cc3cc(N)ccc32)n(CC)n1. The average Bonchev–Trinajstić information content (AvgIpc) is 3.00. The van der Waals surface area contributed by atoms with Crippen LogP contribution in [0.25, 0.3) is 0 Å². The number of benzene rings is 1. The second-order valence-electron chi connectivity index (χ2n) is 5.34. The molecule has 21 heavy (non-hydrogen) atoms. The lowest BCUT2D eigenvalue weighted by Gasteiger charge is -2.18. The van der Waals surface area contributed by atoms with Gasteiger partial charge in [0.05, 0.1) is 24.4 Å². The van der Waals surface area contributed by atoms with Crippen molar-refractivity contribution in [2.45, 2.75) is 39.8 Å². The Bertz CT molecular complexity index is 690. The van der Waals surface area contributed by atoms with E-state index in [0.717, 1.165) is 35.6 Å². The van der Waals surface area contributed by atoms with Crippen molar-refractivity contribution in [1.29, 1.82) is 0 Å². The first-order chi connectivity index (χ1) is 10.1. The number of rotatable bonds is 4. The van der Waals surface area contributed by atoms with Gasteiger partial charge in [0.15, 0.2) is 0 Å². The van der Waals surface area contributed by atoms with Gasteiger partial charge in [-0.25, -0.2) is 0 Å². The number of aryl methyl sites for hydroxylation is 2. The summed E-state index contributed by atoms with van der Waals surface area (Å²) < 4.78 is 1.97. The molecule has 2 N–H and O–H groups in total. The number of nitrogen functional groups attached to an aromatic ring is 1. The van der Waals surface area contributed by atoms with Gasteiger partial charge < -0.3 is 10.6 Å². The Kier molecular flexibility index (Phi) is 3.41. The largest absolute Gasteiger partial charge is 0.399 e. The molecule has 5 nitrogen and oxygen atoms in total. The fourth-order valence-corrected chi connectivity index (χ4v) is 2.83. The molecule has 0 spiro atoms. The zero-order valence-electron chi connectivity index (χ0n) is 12.5. The molecule has 0 fully saturated rings. The zero-order chi connectivity index (χ0) is 15.0. The third-order valence-corrected chi connectivity index (χ3v) is 3.93. The van der Waals surface area contributed by atoms with Crippen molar-refractivity contribution in [2.75, 3.05) is 10.6 Å². The molecule has 0 unspecified atom stereocenters. The van der Waals surface area contributed by atoms with Crippen LogP contribution in [0.1, 0.15) is 30.8 Å². The first kappa shape index (κ1) is 13.7. The van der Waals surface area contributed by atoms with Gasteiger partial charge in [-0.15, -0.1) is 0 Å². The maximum absolute atomic E-state index is 12.3. The summed E-state index contributed by atoms with van der Waals surface area (Å²) in [4.78, 5) is 14.1. The van der Waals surface area contributed by atoms with Crippen LogP contribution in [0, 0.1) is 0 Å². The maximum Gasteiger partial charge on any atom is 0.231 e. The van der Waals surface area contributed by atoms with Crippen molar-refractivity contribution in [3.05, 3.63) is 41.2 Å². The Morgan fingerprint density at radius 3 is 2.81 bits per heavy atom. The lowest BCUT2D eigenvalue weighted by atomic mass is 10.1. The first-order valence-electron chi connectivity index (χ1n) is 7.36. The zero-order valence-corrected chi connectivity index (χ0v) is 12.5. The molecular weight excluding hydrogens is 264 g/mol. The fourth-order valence-electron chi connectivity index (χ4n) is 2.83. The van der Waals surface area contributed by atoms with E-state index in [0.29, 0.717) is 18.7 Å². The molecule has 0 saturated carbocycles. The Morgan fingerprint density at radius 1 is 1.29 bits per heavy atom. The molecule has 2 heterocycles. The number of nitrogens with zero attached hydrogens (tertiary/aromatic N) is 3. The minimum Gasteiger partial charge on any atom is -0.399 e. The summed E-state index contributed by atoms with van der Waals surface area (Å²) >= 11 is 0. The molecule has 0 atom stereocenters. The van der Waals surface area contributed by atoms with E-state index in [1.807, 2.05) is 27.8 Å². The third kappa shape index (κ3) is 2.39. The van der Waals surface area contributed by atoms with Gasteiger partial charge in [-0.05, 0) is 43.2 Å². The number of anilines is 2. The molecule has 3 rings (SSSR count). The van der Waals surface area contributed by atoms with Crippen LogP contribution in [0.2, 0.25) is 0 Å². The monoisotopic (exact) mass is 284 g/mol. The highest BCUT2D eigenvalue weighted by Crippen LogP contribution is 2.31. The molecule has 1 aliphatic rings. The molecule has 0 aliphatic carbocycles. The highest BCUT2D eigenvalue weighted by molar-refractivity contribution is 6.01. The molecule has 0 radical (unpaired) electrons. The number of fused-ring (bicyclic) bond motifs is 1. The van der Waals surface area contributed by atoms with Crippen LogP contribution in [-0.2, 0) is 30.7 Å². The average molecular weight is 284 g/mol. The lowest BCUT2D eigenvalue weighted by molar-refractivity contribution is -0.117. The van der Waals surface area contributed by atoms with Gasteiger partial charge in [-0.2, -0.15) is 5.10 Å². The Morgan fingerprint density at radius 2 is 2.10 bits per heavy atom. The molecule has 1 amide bonds. The van der Waals surface area contributed by atoms with Crippen LogP contribution in [-0.4, -0.2) is 15.7 Å². The molecule has 110 valence electrons. The summed E-state index contributed by atoms with van der Waals surface area (Å²) in [7, 11) is 0. The van der Waals surface area contributed by atoms with Crippen LogP contribution in [0.15, 0.2) is 24.3 Å². The van der Waals surface area contributed by atoms with Crippen molar-refractivity contribution < 1.29 is 4.79 Å². The number of hydrogen-bond donors (Lipinski definition) is 1. The van der Waals surface area contributed by atoms with Crippen LogP contribution in [0.3, 0.4) is 0 Å². The van der Waals surface area contributed by atoms with Gasteiger partial charge in [0, 0.05) is 17.9 Å². The van der Waals surface area contributed by atoms with Gasteiger partial charge in [-0.3, -0.25) is 9.48 Å². The van der Waals surface area contributed by atoms with Crippen molar-refractivity contribution in [3.63, 3.8) is 0 Å². The predicted molar refractivity (Wildman–Crippen MR) is 83.0 cm³/mol. The molecule has 0 saturated heterocycles. The first-order valence-corrected chi connectivity index (χ1v) is 7.36. The summed E-state index contributed by atoms with van der Waals surface area (Å²) in [6.45, 7) is 5.53. The van der Waals surface area contributed by atoms with E-state index in [2.05, 4.69) is 25.0 Å². The summed E-state index contributed by atoms with van der Waals surface area (Å²) in [5.74, 6) is 0.123. The number of amides is 1. The maximum atomic E-state index is 12.3. The van der Waals surface area contributed by atoms with E-state index < -0.39 is 0 Å². The van der Waals surface area contributed by atoms with Crippen molar-refractivity contribution in [2.24, 2.45) is 0 Å². The van der Waals surface area contributed by atoms with Crippen molar-refractivity contribution in [1.82, 2.24) is 9.78 Å². The second kappa shape index (κ2) is 5.24. The standard InChI is InChI=1S/C16H20N4O/c1-3-13-9-14(20(4-2)18-13)10-19-15-6-5-12(17)7-11(15)8-16(19)21/h5-7,9H,3-4,8,10,17H2,1-2H3. The van der Waals surface area contributed by atoms with E-state index in [4.69, 9.17) is 5.73 Å². The van der Waals surface area contributed by atoms with Gasteiger partial charge in [0.2, 0.25) is 5.91 Å². The third-order valence-electron chi connectivity index (χ3n) is 3.93. The van der Waals surface area contributed by atoms with E-state index in [-0.39, 0.29) is 5.91 Å². The molecule has 1 aliphatic heterocycles. The summed E-state index contributed by atoms with van der Waals surface area (Å²) in [5, 5.41) is 4.54. The highest BCUT2D eigenvalue weighted by Gasteiger charge is 2.28. The van der Waals surface area contributed by atoms with Crippen LogP contribution >= 0.6 is 0 Å². The van der Waals surface area contributed by atoms with Gasteiger partial charge in [0.1, 0.15) is 0 Å².